The largest absolute Gasteiger partial charge is 0.478 e. The minimum absolute atomic E-state index is 0.166. The Morgan fingerprint density at radius 1 is 0.919 bits per heavy atom. The molecule has 5 aromatic rings. The lowest BCUT2D eigenvalue weighted by Gasteiger charge is -2.10. The van der Waals surface area contributed by atoms with Gasteiger partial charge in [0.15, 0.2) is 5.58 Å². The Hall–Kier alpha value is -4.49. The van der Waals surface area contributed by atoms with Crippen LogP contribution < -0.4 is 5.32 Å². The van der Waals surface area contributed by atoms with Gasteiger partial charge in [0.05, 0.1) is 22.2 Å². The Morgan fingerprint density at radius 2 is 1.68 bits per heavy atom. The van der Waals surface area contributed by atoms with Gasteiger partial charge < -0.3 is 14.9 Å². The molecule has 2 N–H and O–H groups in total. The van der Waals surface area contributed by atoms with Crippen LogP contribution in [0.1, 0.15) is 37.5 Å². The summed E-state index contributed by atoms with van der Waals surface area (Å²) < 4.78 is 19.1. The second kappa shape index (κ2) is 10.2. The van der Waals surface area contributed by atoms with Gasteiger partial charge in [-0.2, -0.15) is 0 Å². The lowest BCUT2D eigenvalue weighted by molar-refractivity contribution is 0.0696. The summed E-state index contributed by atoms with van der Waals surface area (Å²) in [4.78, 5) is 24.5. The highest BCUT2D eigenvalue weighted by molar-refractivity contribution is 6.30. The highest BCUT2D eigenvalue weighted by Crippen LogP contribution is 2.31. The maximum absolute atomic E-state index is 13.5. The lowest BCUT2D eigenvalue weighted by atomic mass is 9.97. The van der Waals surface area contributed by atoms with E-state index in [4.69, 9.17) is 21.2 Å². The van der Waals surface area contributed by atoms with Crippen molar-refractivity contribution in [1.82, 2.24) is 10.5 Å². The van der Waals surface area contributed by atoms with Gasteiger partial charge in [-0.15, -0.1) is 0 Å². The van der Waals surface area contributed by atoms with Crippen molar-refractivity contribution in [1.29, 1.82) is 0 Å². The van der Waals surface area contributed by atoms with E-state index in [0.29, 0.717) is 39.2 Å². The monoisotopic (exact) mass is 514 g/mol. The Bertz CT molecular complexity index is 1610. The topological polar surface area (TPSA) is 92.4 Å². The smallest absolute Gasteiger partial charge is 0.335 e. The van der Waals surface area contributed by atoms with Gasteiger partial charge in [0.25, 0.3) is 5.91 Å². The van der Waals surface area contributed by atoms with E-state index in [9.17, 15) is 14.0 Å². The van der Waals surface area contributed by atoms with E-state index in [1.807, 2.05) is 18.2 Å². The Kier molecular flexibility index (Phi) is 6.70. The van der Waals surface area contributed by atoms with Gasteiger partial charge in [-0.1, -0.05) is 53.2 Å². The number of carboxylic acid groups (broad SMARTS) is 1. The number of aromatic carboxylic acids is 1. The van der Waals surface area contributed by atoms with Crippen LogP contribution in [0.5, 0.6) is 0 Å². The second-order valence-corrected chi connectivity index (χ2v) is 8.96. The number of nitrogens with one attached hydrogen (secondary N) is 1. The number of carboxylic acids is 1. The van der Waals surface area contributed by atoms with E-state index >= 15 is 0 Å². The number of hydrogen-bond acceptors (Lipinski definition) is 4. The number of benzene rings is 4. The van der Waals surface area contributed by atoms with Crippen LogP contribution >= 0.6 is 11.6 Å². The zero-order valence-corrected chi connectivity index (χ0v) is 20.1. The summed E-state index contributed by atoms with van der Waals surface area (Å²) in [5, 5.41) is 17.4. The molecule has 0 aliphatic carbocycles. The molecular weight excluding hydrogens is 495 g/mol. The lowest BCUT2D eigenvalue weighted by Crippen LogP contribution is -2.23. The highest BCUT2D eigenvalue weighted by Gasteiger charge is 2.20. The van der Waals surface area contributed by atoms with Crippen LogP contribution in [0.15, 0.2) is 89.5 Å². The summed E-state index contributed by atoms with van der Waals surface area (Å²) in [6, 6.07) is 23.1. The molecule has 0 unspecified atom stereocenters. The first kappa shape index (κ1) is 24.2. The normalized spacial score (nSPS) is 11.0. The van der Waals surface area contributed by atoms with Crippen LogP contribution in [0.4, 0.5) is 4.39 Å². The van der Waals surface area contributed by atoms with E-state index in [-0.39, 0.29) is 23.8 Å². The third kappa shape index (κ3) is 5.37. The Morgan fingerprint density at radius 3 is 2.38 bits per heavy atom. The van der Waals surface area contributed by atoms with Crippen LogP contribution in [0.25, 0.3) is 22.1 Å². The molecule has 184 valence electrons. The zero-order valence-electron chi connectivity index (χ0n) is 19.4. The van der Waals surface area contributed by atoms with E-state index < -0.39 is 5.97 Å². The minimum Gasteiger partial charge on any atom is -0.478 e. The molecule has 0 bridgehead atoms. The third-order valence-corrected chi connectivity index (χ3v) is 6.22. The molecular formula is C29H20ClFN2O4. The number of amides is 1. The van der Waals surface area contributed by atoms with E-state index in [2.05, 4.69) is 10.5 Å². The van der Waals surface area contributed by atoms with Crippen LogP contribution in [0, 0.1) is 5.82 Å². The minimum atomic E-state index is -1.02. The standard InChI is InChI=1S/C29H20ClFN2O4/c30-22-3-1-2-18(12-22)13-25-27-24(28(34)32-16-17-4-6-20(7-5-17)29(35)36)14-21(15-26(27)37-33-25)19-8-10-23(31)11-9-19/h1-12,14-15H,13,16H2,(H,32,34)(H,35,36). The number of hydrogen-bond donors (Lipinski definition) is 2. The number of carbonyl (C=O) groups excluding carboxylic acids is 1. The number of fused-ring (bicyclic) bond motifs is 1. The molecule has 0 atom stereocenters. The van der Waals surface area contributed by atoms with Gasteiger partial charge in [-0.3, -0.25) is 4.79 Å². The quantitative estimate of drug-likeness (QED) is 0.258. The van der Waals surface area contributed by atoms with Crippen molar-refractivity contribution in [2.75, 3.05) is 0 Å². The molecule has 0 aliphatic heterocycles. The predicted octanol–water partition coefficient (Wildman–Crippen LogP) is 6.51. The molecule has 5 rings (SSSR count). The number of halogens is 2. The number of nitrogens with zero attached hydrogens (tertiary/aromatic N) is 1. The maximum atomic E-state index is 13.5. The average molecular weight is 515 g/mol. The molecule has 4 aromatic carbocycles. The molecule has 8 heteroatoms. The van der Waals surface area contributed by atoms with Crippen molar-refractivity contribution in [2.45, 2.75) is 13.0 Å². The zero-order chi connectivity index (χ0) is 25.9. The summed E-state index contributed by atoms with van der Waals surface area (Å²) in [6.07, 6.45) is 0.403. The SMILES string of the molecule is O=C(O)c1ccc(CNC(=O)c2cc(-c3ccc(F)cc3)cc3onc(Cc4cccc(Cl)c4)c23)cc1. The predicted molar refractivity (Wildman–Crippen MR) is 138 cm³/mol. The summed E-state index contributed by atoms with van der Waals surface area (Å²) in [6.45, 7) is 0.190. The van der Waals surface area contributed by atoms with Gasteiger partial charge in [0.2, 0.25) is 0 Å². The fourth-order valence-corrected chi connectivity index (χ4v) is 4.34. The molecule has 0 fully saturated rings. The molecule has 0 aliphatic rings. The fraction of sp³-hybridized carbons (Fsp3) is 0.0690. The number of rotatable bonds is 7. The molecule has 0 saturated heterocycles. The van der Waals surface area contributed by atoms with Crippen molar-refractivity contribution >= 4 is 34.4 Å². The Balaban J connectivity index is 1.52. The summed E-state index contributed by atoms with van der Waals surface area (Å²) in [7, 11) is 0. The van der Waals surface area contributed by atoms with Crippen LogP contribution in [-0.4, -0.2) is 22.1 Å². The van der Waals surface area contributed by atoms with Gasteiger partial charge in [-0.25, -0.2) is 9.18 Å². The summed E-state index contributed by atoms with van der Waals surface area (Å²) >= 11 is 6.14. The van der Waals surface area contributed by atoms with Crippen molar-refractivity contribution in [3.05, 3.63) is 124 Å². The summed E-state index contributed by atoms with van der Waals surface area (Å²) in [5.74, 6) is -1.73. The van der Waals surface area contributed by atoms with Crippen LogP contribution in [0.2, 0.25) is 5.02 Å². The molecule has 0 spiro atoms. The fourth-order valence-electron chi connectivity index (χ4n) is 4.13. The molecule has 37 heavy (non-hydrogen) atoms. The molecule has 6 nitrogen and oxygen atoms in total. The van der Waals surface area contributed by atoms with Gasteiger partial charge in [0, 0.05) is 18.0 Å². The van der Waals surface area contributed by atoms with E-state index in [1.165, 1.54) is 24.3 Å². The number of aromatic nitrogens is 1. The average Bonchev–Trinajstić information content (AvgIpc) is 3.30. The first-order valence-electron chi connectivity index (χ1n) is 11.4. The van der Waals surface area contributed by atoms with E-state index in [0.717, 1.165) is 16.7 Å². The van der Waals surface area contributed by atoms with Gasteiger partial charge >= 0.3 is 5.97 Å². The maximum Gasteiger partial charge on any atom is 0.335 e. The van der Waals surface area contributed by atoms with Crippen molar-refractivity contribution < 1.29 is 23.6 Å². The first-order chi connectivity index (χ1) is 17.9. The first-order valence-corrected chi connectivity index (χ1v) is 11.8. The van der Waals surface area contributed by atoms with Crippen molar-refractivity contribution in [3.8, 4) is 11.1 Å². The highest BCUT2D eigenvalue weighted by atomic mass is 35.5. The molecule has 1 aromatic heterocycles. The van der Waals surface area contributed by atoms with Crippen molar-refractivity contribution in [3.63, 3.8) is 0 Å². The van der Waals surface area contributed by atoms with Crippen LogP contribution in [0.3, 0.4) is 0 Å². The number of carbonyl (C=O) groups is 2. The van der Waals surface area contributed by atoms with Crippen molar-refractivity contribution in [2.24, 2.45) is 0 Å². The molecule has 1 amide bonds. The molecule has 1 heterocycles. The van der Waals surface area contributed by atoms with Crippen LogP contribution in [-0.2, 0) is 13.0 Å². The van der Waals surface area contributed by atoms with Gasteiger partial charge in [0.1, 0.15) is 5.82 Å². The third-order valence-electron chi connectivity index (χ3n) is 5.98. The Labute approximate surface area is 216 Å². The van der Waals surface area contributed by atoms with Gasteiger partial charge in [-0.05, 0) is 70.8 Å². The summed E-state index contributed by atoms with van der Waals surface area (Å²) in [5.41, 5.74) is 4.58. The second-order valence-electron chi connectivity index (χ2n) is 8.52. The molecule has 0 radical (unpaired) electrons. The van der Waals surface area contributed by atoms with E-state index in [1.54, 1.807) is 42.5 Å². The molecule has 0 saturated carbocycles.